The van der Waals surface area contributed by atoms with Gasteiger partial charge >= 0.3 is 6.09 Å². The quantitative estimate of drug-likeness (QED) is 0.349. The smallest absolute Gasteiger partial charge is 0.409 e. The fourth-order valence-corrected chi connectivity index (χ4v) is 1.11. The van der Waals surface area contributed by atoms with Gasteiger partial charge in [-0.1, -0.05) is 0 Å². The van der Waals surface area contributed by atoms with Gasteiger partial charge < -0.3 is 9.72 Å². The summed E-state index contributed by atoms with van der Waals surface area (Å²) >= 11 is 0. The molecule has 2 rings (SSSR count). The van der Waals surface area contributed by atoms with Crippen LogP contribution >= 0.6 is 0 Å². The first-order chi connectivity index (χ1) is 6.79. The normalized spacial score (nSPS) is 10.1. The number of hydrazine groups is 1. The number of H-pyrrole nitrogens is 1. The van der Waals surface area contributed by atoms with Crippen LogP contribution in [0.4, 0.5) is 4.79 Å². The van der Waals surface area contributed by atoms with E-state index in [0.717, 1.165) is 11.0 Å². The summed E-state index contributed by atoms with van der Waals surface area (Å²) in [5.41, 5.74) is 3.48. The zero-order valence-corrected chi connectivity index (χ0v) is 7.15. The van der Waals surface area contributed by atoms with E-state index < -0.39 is 6.09 Å². The van der Waals surface area contributed by atoms with Crippen molar-refractivity contribution in [3.8, 4) is 5.75 Å². The number of aromatic nitrogens is 2. The minimum absolute atomic E-state index is 0.407. The molecule has 0 aliphatic rings. The number of nitrogens with two attached hydrogens (primary N) is 1. The molecule has 4 N–H and O–H groups in total. The van der Waals surface area contributed by atoms with Crippen LogP contribution in [-0.4, -0.2) is 16.1 Å². The predicted octanol–water partition coefficient (Wildman–Crippen LogP) is 0.525. The molecule has 0 radical (unpaired) electrons. The number of carbonyl (C=O) groups is 1. The fourth-order valence-electron chi connectivity index (χ4n) is 1.11. The molecule has 1 amide bonds. The van der Waals surface area contributed by atoms with Crippen molar-refractivity contribution in [3.05, 3.63) is 24.5 Å². The predicted molar refractivity (Wildman–Crippen MR) is 49.4 cm³/mol. The summed E-state index contributed by atoms with van der Waals surface area (Å²) in [7, 11) is 0. The van der Waals surface area contributed by atoms with E-state index in [1.807, 2.05) is 5.43 Å². The third-order valence-electron chi connectivity index (χ3n) is 1.72. The summed E-state index contributed by atoms with van der Waals surface area (Å²) in [6.07, 6.45) is 0.862. The molecule has 0 atom stereocenters. The molecule has 0 spiro atoms. The molecule has 14 heavy (non-hydrogen) atoms. The van der Waals surface area contributed by atoms with Gasteiger partial charge in [-0.05, 0) is 12.1 Å². The van der Waals surface area contributed by atoms with Gasteiger partial charge in [-0.3, -0.25) is 5.43 Å². The molecule has 0 aliphatic heterocycles. The molecular weight excluding hydrogens is 184 g/mol. The van der Waals surface area contributed by atoms with Crippen molar-refractivity contribution in [2.45, 2.75) is 0 Å². The van der Waals surface area contributed by atoms with Crippen molar-refractivity contribution in [1.82, 2.24) is 15.4 Å². The van der Waals surface area contributed by atoms with E-state index in [2.05, 4.69) is 9.97 Å². The third-order valence-corrected chi connectivity index (χ3v) is 1.72. The number of rotatable bonds is 1. The van der Waals surface area contributed by atoms with Crippen molar-refractivity contribution in [2.24, 2.45) is 5.84 Å². The number of nitrogens with zero attached hydrogens (tertiary/aromatic N) is 1. The minimum Gasteiger partial charge on any atom is -0.409 e. The summed E-state index contributed by atoms with van der Waals surface area (Å²) in [6.45, 7) is 0. The summed E-state index contributed by atoms with van der Waals surface area (Å²) in [4.78, 5) is 17.7. The minimum atomic E-state index is -0.705. The van der Waals surface area contributed by atoms with E-state index in [4.69, 9.17) is 10.6 Å². The van der Waals surface area contributed by atoms with E-state index in [1.54, 1.807) is 24.5 Å². The largest absolute Gasteiger partial charge is 0.426 e. The van der Waals surface area contributed by atoms with Crippen molar-refractivity contribution < 1.29 is 9.53 Å². The van der Waals surface area contributed by atoms with Crippen LogP contribution in [-0.2, 0) is 0 Å². The van der Waals surface area contributed by atoms with Gasteiger partial charge in [0.1, 0.15) is 5.75 Å². The number of carbonyl (C=O) groups excluding carboxylic acids is 1. The van der Waals surface area contributed by atoms with Gasteiger partial charge in [-0.2, -0.15) is 0 Å². The maximum Gasteiger partial charge on any atom is 0.426 e. The van der Waals surface area contributed by atoms with Crippen molar-refractivity contribution in [3.63, 3.8) is 0 Å². The van der Waals surface area contributed by atoms with Gasteiger partial charge in [-0.25, -0.2) is 15.6 Å². The van der Waals surface area contributed by atoms with E-state index in [-0.39, 0.29) is 0 Å². The number of ether oxygens (including phenoxy) is 1. The average molecular weight is 192 g/mol. The Balaban J connectivity index is 2.30. The molecule has 6 nitrogen and oxygen atoms in total. The Kier molecular flexibility index (Phi) is 2.04. The summed E-state index contributed by atoms with van der Waals surface area (Å²) in [5.74, 6) is 5.27. The van der Waals surface area contributed by atoms with Gasteiger partial charge in [0, 0.05) is 6.07 Å². The molecule has 0 saturated carbocycles. The highest BCUT2D eigenvalue weighted by Gasteiger charge is 2.03. The Morgan fingerprint density at radius 1 is 1.57 bits per heavy atom. The molecule has 0 bridgehead atoms. The van der Waals surface area contributed by atoms with E-state index in [9.17, 15) is 4.79 Å². The Hall–Kier alpha value is -2.08. The molecule has 2 aromatic rings. The molecule has 1 heterocycles. The zero-order valence-electron chi connectivity index (χ0n) is 7.15. The second-order valence-electron chi connectivity index (χ2n) is 2.62. The SMILES string of the molecule is NNC(=O)Oc1ccc2nc[nH]c2c1. The first-order valence-electron chi connectivity index (χ1n) is 3.91. The van der Waals surface area contributed by atoms with Crippen LogP contribution in [0, 0.1) is 0 Å². The zero-order chi connectivity index (χ0) is 9.97. The van der Waals surface area contributed by atoms with Crippen molar-refractivity contribution >= 4 is 17.1 Å². The molecule has 0 saturated heterocycles. The molecule has 72 valence electrons. The van der Waals surface area contributed by atoms with Crippen LogP contribution < -0.4 is 16.0 Å². The molecule has 1 aromatic heterocycles. The third kappa shape index (κ3) is 1.50. The Bertz CT molecular complexity index is 465. The van der Waals surface area contributed by atoms with Crippen LogP contribution in [0.1, 0.15) is 0 Å². The highest BCUT2D eigenvalue weighted by molar-refractivity contribution is 5.78. The summed E-state index contributed by atoms with van der Waals surface area (Å²) in [5, 5.41) is 0. The average Bonchev–Trinajstić information content (AvgIpc) is 2.64. The second kappa shape index (κ2) is 3.35. The van der Waals surface area contributed by atoms with Gasteiger partial charge in [-0.15, -0.1) is 0 Å². The lowest BCUT2D eigenvalue weighted by atomic mass is 10.3. The van der Waals surface area contributed by atoms with Gasteiger partial charge in [0.15, 0.2) is 0 Å². The van der Waals surface area contributed by atoms with Crippen molar-refractivity contribution in [2.75, 3.05) is 0 Å². The molecule has 1 aromatic carbocycles. The van der Waals surface area contributed by atoms with Crippen LogP contribution in [0.5, 0.6) is 5.75 Å². The highest BCUT2D eigenvalue weighted by Crippen LogP contribution is 2.17. The number of benzene rings is 1. The summed E-state index contributed by atoms with van der Waals surface area (Å²) in [6, 6.07) is 5.04. The Morgan fingerprint density at radius 2 is 2.43 bits per heavy atom. The molecule has 0 aliphatic carbocycles. The van der Waals surface area contributed by atoms with Gasteiger partial charge in [0.25, 0.3) is 0 Å². The number of nitrogens with one attached hydrogen (secondary N) is 2. The molecule has 0 unspecified atom stereocenters. The van der Waals surface area contributed by atoms with E-state index >= 15 is 0 Å². The lowest BCUT2D eigenvalue weighted by Gasteiger charge is -2.01. The first kappa shape index (κ1) is 8.52. The Labute approximate surface area is 79.0 Å². The van der Waals surface area contributed by atoms with E-state index in [0.29, 0.717) is 5.75 Å². The van der Waals surface area contributed by atoms with Crippen molar-refractivity contribution in [1.29, 1.82) is 0 Å². The van der Waals surface area contributed by atoms with Crippen LogP contribution in [0.3, 0.4) is 0 Å². The van der Waals surface area contributed by atoms with E-state index in [1.165, 1.54) is 0 Å². The Morgan fingerprint density at radius 3 is 3.21 bits per heavy atom. The topological polar surface area (TPSA) is 93.0 Å². The maximum absolute atomic E-state index is 10.8. The van der Waals surface area contributed by atoms with Gasteiger partial charge in [0.05, 0.1) is 17.4 Å². The fraction of sp³-hybridized carbons (Fsp3) is 0. The molecular formula is C8H8N4O2. The number of hydrogen-bond donors (Lipinski definition) is 3. The maximum atomic E-state index is 10.8. The number of aromatic amines is 1. The first-order valence-corrected chi connectivity index (χ1v) is 3.91. The lowest BCUT2D eigenvalue weighted by Crippen LogP contribution is -2.32. The van der Waals surface area contributed by atoms with Crippen LogP contribution in [0.15, 0.2) is 24.5 Å². The number of hydrogen-bond acceptors (Lipinski definition) is 4. The highest BCUT2D eigenvalue weighted by atomic mass is 16.6. The van der Waals surface area contributed by atoms with Crippen LogP contribution in [0.2, 0.25) is 0 Å². The van der Waals surface area contributed by atoms with Gasteiger partial charge in [0.2, 0.25) is 0 Å². The molecule has 6 heteroatoms. The molecule has 0 fully saturated rings. The number of imidazole rings is 1. The monoisotopic (exact) mass is 192 g/mol. The number of amides is 1. The summed E-state index contributed by atoms with van der Waals surface area (Å²) < 4.78 is 4.82. The second-order valence-corrected chi connectivity index (χ2v) is 2.62. The number of fused-ring (bicyclic) bond motifs is 1. The standard InChI is InChI=1S/C8H8N4O2/c9-12-8(13)14-5-1-2-6-7(3-5)11-4-10-6/h1-4H,9H2,(H,10,11)(H,12,13). The lowest BCUT2D eigenvalue weighted by molar-refractivity contribution is 0.201. The van der Waals surface area contributed by atoms with Crippen LogP contribution in [0.25, 0.3) is 11.0 Å².